The van der Waals surface area contributed by atoms with E-state index >= 15 is 0 Å². The van der Waals surface area contributed by atoms with Gasteiger partial charge in [0.1, 0.15) is 16.9 Å². The van der Waals surface area contributed by atoms with E-state index < -0.39 is 17.4 Å². The quantitative estimate of drug-likeness (QED) is 0.789. The topological polar surface area (TPSA) is 108 Å². The maximum Gasteiger partial charge on any atom is 0.339 e. The van der Waals surface area contributed by atoms with Gasteiger partial charge in [-0.2, -0.15) is 0 Å². The van der Waals surface area contributed by atoms with Crippen molar-refractivity contribution in [2.75, 3.05) is 12.4 Å². The number of aromatic nitrogens is 1. The van der Waals surface area contributed by atoms with E-state index in [1.807, 2.05) is 0 Å². The van der Waals surface area contributed by atoms with E-state index in [-0.39, 0.29) is 16.9 Å². The molecule has 1 amide bonds. The molecule has 7 nitrogen and oxygen atoms in total. The molecule has 0 atom stereocenters. The van der Waals surface area contributed by atoms with Crippen molar-refractivity contribution in [1.82, 2.24) is 4.98 Å². The fraction of sp³-hybridized carbons (Fsp3) is 0.278. The van der Waals surface area contributed by atoms with E-state index in [1.54, 1.807) is 6.07 Å². The van der Waals surface area contributed by atoms with Gasteiger partial charge in [0.15, 0.2) is 0 Å². The van der Waals surface area contributed by atoms with Crippen LogP contribution in [0.1, 0.15) is 44.8 Å². The summed E-state index contributed by atoms with van der Waals surface area (Å²) in [5.41, 5.74) is 1.86. The van der Waals surface area contributed by atoms with E-state index in [4.69, 9.17) is 9.84 Å². The third-order valence-corrected chi connectivity index (χ3v) is 4.27. The second-order valence-corrected chi connectivity index (χ2v) is 5.90. The van der Waals surface area contributed by atoms with Gasteiger partial charge >= 0.3 is 5.97 Å². The maximum atomic E-state index is 12.5. The molecular formula is C18H18N2O5. The standard InChI is InChI=1S/C18H18N2O5/c1-25-15-9-11(6-7-12(15)18(23)24)19-16(21)13-8-10-4-2-3-5-14(10)20-17(13)22/h6-9H,2-5H2,1H3,(H,19,21)(H,20,22)(H,23,24). The van der Waals surface area contributed by atoms with Crippen LogP contribution in [0.15, 0.2) is 29.1 Å². The normalized spacial score (nSPS) is 13.0. The first-order valence-electron chi connectivity index (χ1n) is 7.97. The molecule has 130 valence electrons. The molecule has 1 aliphatic carbocycles. The molecule has 7 heteroatoms. The van der Waals surface area contributed by atoms with Crippen LogP contribution in [-0.2, 0) is 12.8 Å². The van der Waals surface area contributed by atoms with E-state index in [2.05, 4.69) is 10.3 Å². The lowest BCUT2D eigenvalue weighted by atomic mass is 9.95. The largest absolute Gasteiger partial charge is 0.496 e. The van der Waals surface area contributed by atoms with E-state index in [0.29, 0.717) is 5.69 Å². The van der Waals surface area contributed by atoms with Gasteiger partial charge in [0.25, 0.3) is 11.5 Å². The van der Waals surface area contributed by atoms with Crippen molar-refractivity contribution in [3.8, 4) is 5.75 Å². The second-order valence-electron chi connectivity index (χ2n) is 5.90. The number of rotatable bonds is 4. The van der Waals surface area contributed by atoms with Crippen LogP contribution in [0.2, 0.25) is 0 Å². The van der Waals surface area contributed by atoms with Crippen molar-refractivity contribution in [2.45, 2.75) is 25.7 Å². The minimum absolute atomic E-state index is 0.00729. The van der Waals surface area contributed by atoms with Gasteiger partial charge in [0, 0.05) is 17.4 Å². The molecule has 0 radical (unpaired) electrons. The highest BCUT2D eigenvalue weighted by atomic mass is 16.5. The molecular weight excluding hydrogens is 324 g/mol. The molecule has 1 aromatic carbocycles. The van der Waals surface area contributed by atoms with E-state index in [9.17, 15) is 14.4 Å². The van der Waals surface area contributed by atoms with Crippen LogP contribution in [0, 0.1) is 0 Å². The van der Waals surface area contributed by atoms with E-state index in [0.717, 1.165) is 36.9 Å². The number of ether oxygens (including phenoxy) is 1. The summed E-state index contributed by atoms with van der Waals surface area (Å²) < 4.78 is 5.03. The first-order valence-corrected chi connectivity index (χ1v) is 7.97. The van der Waals surface area contributed by atoms with Crippen molar-refractivity contribution in [2.24, 2.45) is 0 Å². The minimum atomic E-state index is -1.12. The molecule has 0 saturated carbocycles. The summed E-state index contributed by atoms with van der Waals surface area (Å²) in [5, 5.41) is 11.7. The van der Waals surface area contributed by atoms with Crippen molar-refractivity contribution in [1.29, 1.82) is 0 Å². The second kappa shape index (κ2) is 6.80. The summed E-state index contributed by atoms with van der Waals surface area (Å²) in [6.45, 7) is 0. The number of amides is 1. The summed E-state index contributed by atoms with van der Waals surface area (Å²) in [5.74, 6) is -1.54. The number of pyridine rings is 1. The predicted molar refractivity (Wildman–Crippen MR) is 91.6 cm³/mol. The Morgan fingerprint density at radius 3 is 2.64 bits per heavy atom. The lowest BCUT2D eigenvalue weighted by molar-refractivity contribution is 0.0693. The highest BCUT2D eigenvalue weighted by Gasteiger charge is 2.18. The summed E-state index contributed by atoms with van der Waals surface area (Å²) in [7, 11) is 1.35. The fourth-order valence-corrected chi connectivity index (χ4v) is 2.99. The number of carboxylic acid groups (broad SMARTS) is 1. The Kier molecular flexibility index (Phi) is 4.56. The smallest absolute Gasteiger partial charge is 0.339 e. The Morgan fingerprint density at radius 1 is 1.16 bits per heavy atom. The molecule has 2 aromatic rings. The highest BCUT2D eigenvalue weighted by Crippen LogP contribution is 2.24. The Hall–Kier alpha value is -3.09. The summed E-state index contributed by atoms with van der Waals surface area (Å²) in [6, 6.07) is 5.85. The van der Waals surface area contributed by atoms with Crippen molar-refractivity contribution >= 4 is 17.6 Å². The zero-order chi connectivity index (χ0) is 18.0. The van der Waals surface area contributed by atoms with Crippen LogP contribution < -0.4 is 15.6 Å². The van der Waals surface area contributed by atoms with Gasteiger partial charge in [-0.15, -0.1) is 0 Å². The number of aromatic amines is 1. The number of carbonyl (C=O) groups excluding carboxylic acids is 1. The molecule has 0 unspecified atom stereocenters. The first-order chi connectivity index (χ1) is 12.0. The number of nitrogens with one attached hydrogen (secondary N) is 2. The summed E-state index contributed by atoms with van der Waals surface area (Å²) in [4.78, 5) is 38.5. The van der Waals surface area contributed by atoms with Gasteiger partial charge < -0.3 is 20.1 Å². The van der Waals surface area contributed by atoms with Crippen molar-refractivity contribution < 1.29 is 19.4 Å². The Balaban J connectivity index is 1.88. The number of hydrogen-bond donors (Lipinski definition) is 3. The Labute approximate surface area is 143 Å². The maximum absolute atomic E-state index is 12.5. The summed E-state index contributed by atoms with van der Waals surface area (Å²) in [6.07, 6.45) is 3.73. The lowest BCUT2D eigenvalue weighted by Gasteiger charge is -2.16. The zero-order valence-corrected chi connectivity index (χ0v) is 13.7. The van der Waals surface area contributed by atoms with Crippen LogP contribution in [0.5, 0.6) is 5.75 Å². The summed E-state index contributed by atoms with van der Waals surface area (Å²) >= 11 is 0. The van der Waals surface area contributed by atoms with Gasteiger partial charge in [-0.25, -0.2) is 4.79 Å². The molecule has 0 spiro atoms. The Bertz CT molecular complexity index is 901. The number of methoxy groups -OCH3 is 1. The first kappa shape index (κ1) is 16.8. The van der Waals surface area contributed by atoms with Crippen molar-refractivity contribution in [3.63, 3.8) is 0 Å². The number of aryl methyl sites for hydroxylation is 2. The molecule has 3 N–H and O–H groups in total. The highest BCUT2D eigenvalue weighted by molar-refractivity contribution is 6.04. The Morgan fingerprint density at radius 2 is 1.92 bits per heavy atom. The number of H-pyrrole nitrogens is 1. The minimum Gasteiger partial charge on any atom is -0.496 e. The van der Waals surface area contributed by atoms with Crippen LogP contribution in [0.3, 0.4) is 0 Å². The lowest BCUT2D eigenvalue weighted by Crippen LogP contribution is -2.26. The third-order valence-electron chi connectivity index (χ3n) is 4.27. The van der Waals surface area contributed by atoms with Gasteiger partial charge in [-0.1, -0.05) is 0 Å². The number of aromatic carboxylic acids is 1. The molecule has 0 fully saturated rings. The van der Waals surface area contributed by atoms with Gasteiger partial charge in [0.05, 0.1) is 7.11 Å². The fourth-order valence-electron chi connectivity index (χ4n) is 2.99. The zero-order valence-electron chi connectivity index (χ0n) is 13.7. The SMILES string of the molecule is COc1cc(NC(=O)c2cc3c([nH]c2=O)CCCC3)ccc1C(=O)O. The molecule has 1 aromatic heterocycles. The van der Waals surface area contributed by atoms with Gasteiger partial charge in [-0.3, -0.25) is 9.59 Å². The number of carboxylic acids is 1. The molecule has 25 heavy (non-hydrogen) atoms. The number of hydrogen-bond acceptors (Lipinski definition) is 4. The average molecular weight is 342 g/mol. The number of anilines is 1. The predicted octanol–water partition coefficient (Wildman–Crippen LogP) is 2.21. The van der Waals surface area contributed by atoms with Gasteiger partial charge in [0.2, 0.25) is 0 Å². The van der Waals surface area contributed by atoms with Crippen LogP contribution in [0.4, 0.5) is 5.69 Å². The van der Waals surface area contributed by atoms with Crippen LogP contribution >= 0.6 is 0 Å². The molecule has 0 bridgehead atoms. The monoisotopic (exact) mass is 342 g/mol. The average Bonchev–Trinajstić information content (AvgIpc) is 2.60. The molecule has 0 aliphatic heterocycles. The molecule has 1 aliphatic rings. The van der Waals surface area contributed by atoms with Crippen LogP contribution in [-0.4, -0.2) is 29.1 Å². The number of fused-ring (bicyclic) bond motifs is 1. The third kappa shape index (κ3) is 3.40. The van der Waals surface area contributed by atoms with Crippen molar-refractivity contribution in [3.05, 3.63) is 57.0 Å². The molecule has 3 rings (SSSR count). The molecule has 1 heterocycles. The van der Waals surface area contributed by atoms with Crippen LogP contribution in [0.25, 0.3) is 0 Å². The molecule has 0 saturated heterocycles. The number of carbonyl (C=O) groups is 2. The van der Waals surface area contributed by atoms with E-state index in [1.165, 1.54) is 25.3 Å². The van der Waals surface area contributed by atoms with Gasteiger partial charge in [-0.05, 0) is 49.4 Å². The number of benzene rings is 1.